The van der Waals surface area contributed by atoms with Crippen LogP contribution in [0.3, 0.4) is 0 Å². The fraction of sp³-hybridized carbons (Fsp3) is 0.857. The van der Waals surface area contributed by atoms with Crippen LogP contribution in [-0.2, 0) is 14.3 Å². The first-order valence-electron chi connectivity index (χ1n) is 6.92. The first-order chi connectivity index (χ1) is 9.18. The normalized spacial score (nSPS) is 18.2. The molecule has 1 aliphatic carbocycles. The second kappa shape index (κ2) is 5.99. The Morgan fingerprint density at radius 1 is 1.30 bits per heavy atom. The van der Waals surface area contributed by atoms with Crippen molar-refractivity contribution in [2.45, 2.75) is 64.1 Å². The summed E-state index contributed by atoms with van der Waals surface area (Å²) in [5.41, 5.74) is -2.02. The lowest BCUT2D eigenvalue weighted by molar-refractivity contribution is -0.156. The van der Waals surface area contributed by atoms with Gasteiger partial charge in [-0.2, -0.15) is 0 Å². The number of carbonyl (C=O) groups is 2. The van der Waals surface area contributed by atoms with Crippen molar-refractivity contribution in [2.75, 3.05) is 13.7 Å². The molecule has 1 unspecified atom stereocenters. The molecule has 6 nitrogen and oxygen atoms in total. The maximum atomic E-state index is 12.4. The molecule has 0 saturated heterocycles. The van der Waals surface area contributed by atoms with Crippen molar-refractivity contribution in [2.24, 2.45) is 0 Å². The van der Waals surface area contributed by atoms with Crippen molar-refractivity contribution in [3.05, 3.63) is 0 Å². The Morgan fingerprint density at radius 3 is 2.15 bits per heavy atom. The van der Waals surface area contributed by atoms with Gasteiger partial charge in [0.15, 0.2) is 5.54 Å². The van der Waals surface area contributed by atoms with Crippen LogP contribution in [0.2, 0.25) is 0 Å². The predicted molar refractivity (Wildman–Crippen MR) is 73.6 cm³/mol. The molecule has 0 bridgehead atoms. The molecule has 1 aliphatic rings. The number of rotatable bonds is 6. The quantitative estimate of drug-likeness (QED) is 0.811. The van der Waals surface area contributed by atoms with Crippen LogP contribution in [0, 0.1) is 0 Å². The van der Waals surface area contributed by atoms with Gasteiger partial charge in [0.2, 0.25) is 0 Å². The van der Waals surface area contributed by atoms with E-state index in [2.05, 4.69) is 0 Å². The minimum atomic E-state index is -1.36. The van der Waals surface area contributed by atoms with Gasteiger partial charge in [0.1, 0.15) is 5.60 Å². The third-order valence-corrected chi connectivity index (χ3v) is 3.33. The molecule has 6 heteroatoms. The molecule has 1 N–H and O–H groups in total. The van der Waals surface area contributed by atoms with Crippen LogP contribution in [0.15, 0.2) is 0 Å². The molecule has 1 fully saturated rings. The lowest BCUT2D eigenvalue weighted by Crippen LogP contribution is -2.61. The molecule has 0 heterocycles. The number of ether oxygens (including phenoxy) is 2. The van der Waals surface area contributed by atoms with Crippen LogP contribution in [0.4, 0.5) is 4.79 Å². The van der Waals surface area contributed by atoms with Crippen LogP contribution in [0.5, 0.6) is 0 Å². The molecule has 1 amide bonds. The summed E-state index contributed by atoms with van der Waals surface area (Å²) in [6.07, 6.45) is 1.29. The summed E-state index contributed by atoms with van der Waals surface area (Å²) in [6, 6.07) is -0.0731. The lowest BCUT2D eigenvalue weighted by Gasteiger charge is -2.40. The number of hydrogen-bond donors (Lipinski definition) is 1. The Bertz CT molecular complexity index is 372. The SMILES string of the molecule is CCC(COC)(C(=O)O)N(C(=O)OC(C)(C)C)C1CC1. The van der Waals surface area contributed by atoms with Gasteiger partial charge in [0.25, 0.3) is 0 Å². The van der Waals surface area contributed by atoms with E-state index in [9.17, 15) is 14.7 Å². The minimum absolute atomic E-state index is 0.0470. The fourth-order valence-corrected chi connectivity index (χ4v) is 2.21. The van der Waals surface area contributed by atoms with Gasteiger partial charge in [-0.05, 0) is 40.0 Å². The average molecular weight is 287 g/mol. The maximum absolute atomic E-state index is 12.4. The van der Waals surface area contributed by atoms with Gasteiger partial charge in [-0.3, -0.25) is 4.90 Å². The second-order valence-electron chi connectivity index (χ2n) is 6.20. The Kier molecular flexibility index (Phi) is 5.02. The molecule has 0 aromatic heterocycles. The Hall–Kier alpha value is -1.30. The van der Waals surface area contributed by atoms with Gasteiger partial charge < -0.3 is 14.6 Å². The van der Waals surface area contributed by atoms with Crippen LogP contribution in [0.25, 0.3) is 0 Å². The molecule has 1 saturated carbocycles. The summed E-state index contributed by atoms with van der Waals surface area (Å²) in [4.78, 5) is 25.5. The zero-order valence-corrected chi connectivity index (χ0v) is 12.9. The van der Waals surface area contributed by atoms with E-state index in [1.165, 1.54) is 12.0 Å². The van der Waals surface area contributed by atoms with Gasteiger partial charge in [0, 0.05) is 13.2 Å². The maximum Gasteiger partial charge on any atom is 0.411 e. The number of hydrogen-bond acceptors (Lipinski definition) is 4. The zero-order valence-electron chi connectivity index (χ0n) is 12.9. The zero-order chi connectivity index (χ0) is 15.6. The minimum Gasteiger partial charge on any atom is -0.479 e. The molecule has 0 aliphatic heterocycles. The predicted octanol–water partition coefficient (Wildman–Crippen LogP) is 2.27. The van der Waals surface area contributed by atoms with Crippen molar-refractivity contribution in [3.63, 3.8) is 0 Å². The van der Waals surface area contributed by atoms with E-state index in [4.69, 9.17) is 9.47 Å². The summed E-state index contributed by atoms with van der Waals surface area (Å²) >= 11 is 0. The van der Waals surface area contributed by atoms with E-state index in [1.54, 1.807) is 27.7 Å². The topological polar surface area (TPSA) is 76.1 Å². The Morgan fingerprint density at radius 2 is 1.85 bits per heavy atom. The van der Waals surface area contributed by atoms with Crippen LogP contribution < -0.4 is 0 Å². The number of nitrogens with zero attached hydrogens (tertiary/aromatic N) is 1. The molecular weight excluding hydrogens is 262 g/mol. The van der Waals surface area contributed by atoms with E-state index in [0.717, 1.165) is 12.8 Å². The van der Waals surface area contributed by atoms with Crippen molar-refractivity contribution in [1.29, 1.82) is 0 Å². The molecular formula is C14H25NO5. The van der Waals surface area contributed by atoms with Gasteiger partial charge in [-0.1, -0.05) is 6.92 Å². The molecule has 0 radical (unpaired) electrons. The standard InChI is InChI=1S/C14H25NO5/c1-6-14(9-19-5,11(16)17)15(10-7-8-10)12(18)20-13(2,3)4/h10H,6-9H2,1-5H3,(H,16,17). The highest BCUT2D eigenvalue weighted by Gasteiger charge is 2.52. The molecule has 0 spiro atoms. The van der Waals surface area contributed by atoms with E-state index >= 15 is 0 Å². The summed E-state index contributed by atoms with van der Waals surface area (Å²) < 4.78 is 10.4. The van der Waals surface area contributed by atoms with Crippen LogP contribution in [0.1, 0.15) is 47.0 Å². The van der Waals surface area contributed by atoms with Crippen molar-refractivity contribution in [3.8, 4) is 0 Å². The van der Waals surface area contributed by atoms with Crippen molar-refractivity contribution < 1.29 is 24.2 Å². The van der Waals surface area contributed by atoms with Gasteiger partial charge in [0.05, 0.1) is 6.61 Å². The number of amides is 1. The molecule has 116 valence electrons. The summed E-state index contributed by atoms with van der Waals surface area (Å²) in [6.45, 7) is 6.99. The highest BCUT2D eigenvalue weighted by molar-refractivity contribution is 5.85. The lowest BCUT2D eigenvalue weighted by atomic mass is 9.94. The molecule has 1 atom stereocenters. The number of aliphatic carboxylic acids is 1. The van der Waals surface area contributed by atoms with E-state index in [0.29, 0.717) is 0 Å². The van der Waals surface area contributed by atoms with Crippen LogP contribution in [-0.4, -0.2) is 53.0 Å². The number of carboxylic acid groups (broad SMARTS) is 1. The summed E-state index contributed by atoms with van der Waals surface area (Å²) in [7, 11) is 1.44. The van der Waals surface area contributed by atoms with E-state index in [-0.39, 0.29) is 19.1 Å². The van der Waals surface area contributed by atoms with Gasteiger partial charge >= 0.3 is 12.1 Å². The number of carbonyl (C=O) groups excluding carboxylic acids is 1. The molecule has 0 aromatic rings. The van der Waals surface area contributed by atoms with Crippen molar-refractivity contribution in [1.82, 2.24) is 4.90 Å². The molecule has 0 aromatic carbocycles. The first kappa shape index (κ1) is 16.8. The molecule has 20 heavy (non-hydrogen) atoms. The van der Waals surface area contributed by atoms with Crippen molar-refractivity contribution >= 4 is 12.1 Å². The Balaban J connectivity index is 3.08. The highest BCUT2D eigenvalue weighted by Crippen LogP contribution is 2.36. The number of methoxy groups -OCH3 is 1. The van der Waals surface area contributed by atoms with E-state index < -0.39 is 23.2 Å². The average Bonchev–Trinajstić information content (AvgIpc) is 3.09. The Labute approximate surface area is 120 Å². The molecule has 1 rings (SSSR count). The van der Waals surface area contributed by atoms with Gasteiger partial charge in [-0.25, -0.2) is 9.59 Å². The van der Waals surface area contributed by atoms with Gasteiger partial charge in [-0.15, -0.1) is 0 Å². The second-order valence-corrected chi connectivity index (χ2v) is 6.20. The first-order valence-corrected chi connectivity index (χ1v) is 6.92. The third-order valence-electron chi connectivity index (χ3n) is 3.33. The monoisotopic (exact) mass is 287 g/mol. The largest absolute Gasteiger partial charge is 0.479 e. The smallest absolute Gasteiger partial charge is 0.411 e. The number of carboxylic acids is 1. The van der Waals surface area contributed by atoms with E-state index in [1.807, 2.05) is 0 Å². The highest BCUT2D eigenvalue weighted by atomic mass is 16.6. The summed E-state index contributed by atoms with van der Waals surface area (Å²) in [5, 5.41) is 9.62. The summed E-state index contributed by atoms with van der Waals surface area (Å²) in [5.74, 6) is -1.06. The fourth-order valence-electron chi connectivity index (χ4n) is 2.21. The van der Waals surface area contributed by atoms with Crippen LogP contribution >= 0.6 is 0 Å². The third kappa shape index (κ3) is 3.62.